The van der Waals surface area contributed by atoms with Crippen LogP contribution in [0.15, 0.2) is 119 Å². The number of hydrogen-bond acceptors (Lipinski definition) is 5. The molecule has 2 aromatic heterocycles. The predicted octanol–water partition coefficient (Wildman–Crippen LogP) is 8.22. The van der Waals surface area contributed by atoms with E-state index in [2.05, 4.69) is 103 Å². The molecule has 6 rings (SSSR count). The monoisotopic (exact) mass is 512 g/mol. The molecule has 5 nitrogen and oxygen atoms in total. The van der Waals surface area contributed by atoms with Crippen molar-refractivity contribution >= 4 is 39.8 Å². The number of benzene rings is 3. The maximum Gasteiger partial charge on any atom is 0.150 e. The fourth-order valence-corrected chi connectivity index (χ4v) is 5.29. The molecule has 0 aliphatic carbocycles. The molecule has 1 aliphatic heterocycles. The van der Waals surface area contributed by atoms with Crippen molar-refractivity contribution in [1.29, 1.82) is 0 Å². The SMILES string of the molecule is CCN(CC)c1ccc(C2CC(C(=Cc3ccco3)c3ccccc3)=NN2c2ccc3ccccc3n2)cc1. The molecule has 0 amide bonds. The Balaban J connectivity index is 1.44. The van der Waals surface area contributed by atoms with E-state index in [9.17, 15) is 0 Å². The number of rotatable bonds is 8. The largest absolute Gasteiger partial charge is 0.465 e. The van der Waals surface area contributed by atoms with Crippen molar-refractivity contribution in [3.05, 3.63) is 126 Å². The molecule has 1 aliphatic rings. The number of fused-ring (bicyclic) bond motifs is 1. The van der Waals surface area contributed by atoms with Gasteiger partial charge in [-0.2, -0.15) is 5.10 Å². The van der Waals surface area contributed by atoms with Crippen LogP contribution in [0.3, 0.4) is 0 Å². The summed E-state index contributed by atoms with van der Waals surface area (Å²) in [6.45, 7) is 6.35. The van der Waals surface area contributed by atoms with E-state index < -0.39 is 0 Å². The molecule has 0 saturated carbocycles. The van der Waals surface area contributed by atoms with Crippen LogP contribution in [0.1, 0.15) is 43.2 Å². The third-order valence-electron chi connectivity index (χ3n) is 7.36. The average molecular weight is 513 g/mol. The number of nitrogens with zero attached hydrogens (tertiary/aromatic N) is 4. The lowest BCUT2D eigenvalue weighted by Crippen LogP contribution is -2.22. The number of anilines is 2. The van der Waals surface area contributed by atoms with E-state index in [0.717, 1.165) is 58.8 Å². The molecule has 1 unspecified atom stereocenters. The van der Waals surface area contributed by atoms with Crippen molar-refractivity contribution < 1.29 is 4.42 Å². The van der Waals surface area contributed by atoms with Gasteiger partial charge in [0.05, 0.1) is 23.5 Å². The summed E-state index contributed by atoms with van der Waals surface area (Å²) in [4.78, 5) is 7.38. The number of aromatic nitrogens is 1. The summed E-state index contributed by atoms with van der Waals surface area (Å²) < 4.78 is 5.71. The van der Waals surface area contributed by atoms with Crippen LogP contribution in [0.4, 0.5) is 11.5 Å². The molecule has 3 aromatic carbocycles. The minimum atomic E-state index is 0.0168. The molecule has 0 N–H and O–H groups in total. The van der Waals surface area contributed by atoms with Crippen LogP contribution in [-0.2, 0) is 0 Å². The molecule has 0 radical (unpaired) electrons. The number of hydrogen-bond donors (Lipinski definition) is 0. The number of para-hydroxylation sites is 1. The molecule has 5 heteroatoms. The van der Waals surface area contributed by atoms with Gasteiger partial charge in [0.15, 0.2) is 0 Å². The fourth-order valence-electron chi connectivity index (χ4n) is 5.29. The van der Waals surface area contributed by atoms with Gasteiger partial charge in [-0.3, -0.25) is 0 Å². The molecule has 0 saturated heterocycles. The van der Waals surface area contributed by atoms with Crippen LogP contribution in [0.25, 0.3) is 22.6 Å². The molecule has 0 bridgehead atoms. The molecule has 0 spiro atoms. The summed E-state index contributed by atoms with van der Waals surface area (Å²) in [6.07, 6.45) is 4.54. The van der Waals surface area contributed by atoms with Crippen molar-refractivity contribution in [3.8, 4) is 0 Å². The first-order chi connectivity index (χ1) is 19.2. The number of allylic oxidation sites excluding steroid dienone is 1. The van der Waals surface area contributed by atoms with Gasteiger partial charge >= 0.3 is 0 Å². The Labute approximate surface area is 229 Å². The van der Waals surface area contributed by atoms with Crippen LogP contribution in [0.5, 0.6) is 0 Å². The second-order valence-corrected chi connectivity index (χ2v) is 9.68. The van der Waals surface area contributed by atoms with Gasteiger partial charge in [0, 0.05) is 36.2 Å². The molecule has 1 atom stereocenters. The molecule has 5 aromatic rings. The first-order valence-corrected chi connectivity index (χ1v) is 13.6. The van der Waals surface area contributed by atoms with Crippen LogP contribution in [0, 0.1) is 0 Å². The summed E-state index contributed by atoms with van der Waals surface area (Å²) >= 11 is 0. The maximum absolute atomic E-state index is 5.71. The quantitative estimate of drug-likeness (QED) is 0.210. The Bertz CT molecular complexity index is 1600. The van der Waals surface area contributed by atoms with E-state index in [1.165, 1.54) is 11.3 Å². The third-order valence-corrected chi connectivity index (χ3v) is 7.36. The van der Waals surface area contributed by atoms with Crippen molar-refractivity contribution in [2.75, 3.05) is 23.0 Å². The lowest BCUT2D eigenvalue weighted by atomic mass is 9.93. The van der Waals surface area contributed by atoms with Gasteiger partial charge in [0.25, 0.3) is 0 Å². The second kappa shape index (κ2) is 11.0. The van der Waals surface area contributed by atoms with E-state index in [-0.39, 0.29) is 6.04 Å². The zero-order valence-electron chi connectivity index (χ0n) is 22.4. The number of hydrazone groups is 1. The Kier molecular flexibility index (Phi) is 6.96. The van der Waals surface area contributed by atoms with Gasteiger partial charge in [-0.1, -0.05) is 60.7 Å². The van der Waals surface area contributed by atoms with Crippen molar-refractivity contribution in [3.63, 3.8) is 0 Å². The first-order valence-electron chi connectivity index (χ1n) is 13.6. The van der Waals surface area contributed by atoms with E-state index >= 15 is 0 Å². The van der Waals surface area contributed by atoms with Crippen molar-refractivity contribution in [1.82, 2.24) is 4.98 Å². The minimum absolute atomic E-state index is 0.0168. The normalized spacial score (nSPS) is 15.5. The van der Waals surface area contributed by atoms with E-state index in [1.807, 2.05) is 30.3 Å². The zero-order valence-corrected chi connectivity index (χ0v) is 22.4. The molecule has 39 heavy (non-hydrogen) atoms. The van der Waals surface area contributed by atoms with Crippen LogP contribution in [0.2, 0.25) is 0 Å². The Hall–Kier alpha value is -4.64. The first kappa shape index (κ1) is 24.7. The predicted molar refractivity (Wildman–Crippen MR) is 162 cm³/mol. The molecule has 3 heterocycles. The Morgan fingerprint density at radius 1 is 0.872 bits per heavy atom. The standard InChI is InChI=1S/C34H32N4O/c1-3-37(4-2)28-19-16-27(17-20-28)33-24-32(30(23-29-14-10-22-39-29)25-11-6-5-7-12-25)36-38(33)34-21-18-26-13-8-9-15-31(26)35-34/h5-23,33H,3-4,24H2,1-2H3. The van der Waals surface area contributed by atoms with Crippen LogP contribution >= 0.6 is 0 Å². The maximum atomic E-state index is 5.71. The highest BCUT2D eigenvalue weighted by Crippen LogP contribution is 2.39. The zero-order chi connectivity index (χ0) is 26.6. The highest BCUT2D eigenvalue weighted by atomic mass is 16.3. The van der Waals surface area contributed by atoms with Crippen molar-refractivity contribution in [2.45, 2.75) is 26.3 Å². The number of furan rings is 1. The average Bonchev–Trinajstić information content (AvgIpc) is 3.68. The third kappa shape index (κ3) is 5.08. The molecule has 194 valence electrons. The van der Waals surface area contributed by atoms with Crippen LogP contribution in [-0.4, -0.2) is 23.8 Å². The summed E-state index contributed by atoms with van der Waals surface area (Å²) in [5.74, 6) is 1.64. The summed E-state index contributed by atoms with van der Waals surface area (Å²) in [5.41, 5.74) is 6.58. The lowest BCUT2D eigenvalue weighted by Gasteiger charge is -2.25. The molecule has 0 fully saturated rings. The summed E-state index contributed by atoms with van der Waals surface area (Å²) in [7, 11) is 0. The number of pyridine rings is 1. The highest BCUT2D eigenvalue weighted by Gasteiger charge is 2.32. The molecular weight excluding hydrogens is 480 g/mol. The van der Waals surface area contributed by atoms with Gasteiger partial charge in [0.1, 0.15) is 11.6 Å². The topological polar surface area (TPSA) is 44.9 Å². The van der Waals surface area contributed by atoms with Gasteiger partial charge in [-0.05, 0) is 73.5 Å². The van der Waals surface area contributed by atoms with Gasteiger partial charge in [0.2, 0.25) is 0 Å². The van der Waals surface area contributed by atoms with Gasteiger partial charge in [-0.25, -0.2) is 9.99 Å². The van der Waals surface area contributed by atoms with Gasteiger partial charge in [-0.15, -0.1) is 0 Å². The second-order valence-electron chi connectivity index (χ2n) is 9.68. The smallest absolute Gasteiger partial charge is 0.150 e. The van der Waals surface area contributed by atoms with Gasteiger partial charge < -0.3 is 9.32 Å². The Morgan fingerprint density at radius 3 is 2.38 bits per heavy atom. The minimum Gasteiger partial charge on any atom is -0.465 e. The molecular formula is C34H32N4O. The summed E-state index contributed by atoms with van der Waals surface area (Å²) in [5, 5.41) is 8.45. The fraction of sp³-hybridized carbons (Fsp3) is 0.176. The van der Waals surface area contributed by atoms with E-state index in [0.29, 0.717) is 0 Å². The van der Waals surface area contributed by atoms with E-state index in [1.54, 1.807) is 6.26 Å². The highest BCUT2D eigenvalue weighted by molar-refractivity contribution is 6.29. The van der Waals surface area contributed by atoms with E-state index in [4.69, 9.17) is 14.5 Å². The van der Waals surface area contributed by atoms with Crippen molar-refractivity contribution in [2.24, 2.45) is 5.10 Å². The lowest BCUT2D eigenvalue weighted by molar-refractivity contribution is 0.557. The van der Waals surface area contributed by atoms with Crippen LogP contribution < -0.4 is 9.91 Å². The summed E-state index contributed by atoms with van der Waals surface area (Å²) in [6, 6.07) is 35.7. The Morgan fingerprint density at radius 2 is 1.64 bits per heavy atom.